The van der Waals surface area contributed by atoms with E-state index >= 15 is 0 Å². The summed E-state index contributed by atoms with van der Waals surface area (Å²) in [5, 5.41) is 2.96. The highest BCUT2D eigenvalue weighted by atomic mass is 35.5. The standard InChI is InChI=1S/C22H18ClF4N3O4/c1-31-16-5-11-15(6-17(16)34-18-8-33-19-14(24)7-32-20(18)19)28-9-29-21(11)30-10-2-3-13(23)12(4-10)22(25,26)27/h2-6,9,14,18-20H,7-8H2,1H3,(H,28,29,30)/t14-,18?,19+,20+/m1/s1. The first kappa shape index (κ1) is 22.9. The Bertz CT molecular complexity index is 1230. The molecule has 1 unspecified atom stereocenters. The van der Waals surface area contributed by atoms with Gasteiger partial charge < -0.3 is 24.3 Å². The van der Waals surface area contributed by atoms with Crippen LogP contribution in [-0.4, -0.2) is 54.8 Å². The first-order valence-electron chi connectivity index (χ1n) is 10.2. The van der Waals surface area contributed by atoms with Gasteiger partial charge >= 0.3 is 6.18 Å². The molecule has 1 N–H and O–H groups in total. The molecule has 12 heteroatoms. The van der Waals surface area contributed by atoms with E-state index in [0.29, 0.717) is 22.4 Å². The van der Waals surface area contributed by atoms with Crippen molar-refractivity contribution in [1.29, 1.82) is 0 Å². The monoisotopic (exact) mass is 499 g/mol. The second-order valence-electron chi connectivity index (χ2n) is 7.83. The second-order valence-corrected chi connectivity index (χ2v) is 8.24. The molecule has 0 amide bonds. The molecule has 4 atom stereocenters. The predicted molar refractivity (Wildman–Crippen MR) is 115 cm³/mol. The molecule has 0 spiro atoms. The van der Waals surface area contributed by atoms with Crippen LogP contribution in [0.25, 0.3) is 10.9 Å². The normalized spacial score (nSPS) is 24.3. The van der Waals surface area contributed by atoms with Crippen LogP contribution in [0, 0.1) is 0 Å². The van der Waals surface area contributed by atoms with E-state index in [2.05, 4.69) is 15.3 Å². The Kier molecular flexibility index (Phi) is 5.86. The van der Waals surface area contributed by atoms with Crippen molar-refractivity contribution >= 4 is 34.0 Å². The third kappa shape index (κ3) is 4.19. The summed E-state index contributed by atoms with van der Waals surface area (Å²) in [4.78, 5) is 8.40. The molecule has 2 aromatic carbocycles. The second kappa shape index (κ2) is 8.71. The number of methoxy groups -OCH3 is 1. The third-order valence-corrected chi connectivity index (χ3v) is 6.01. The lowest BCUT2D eigenvalue weighted by molar-refractivity contribution is -0.137. The number of alkyl halides is 4. The van der Waals surface area contributed by atoms with Gasteiger partial charge in [-0.25, -0.2) is 14.4 Å². The summed E-state index contributed by atoms with van der Waals surface area (Å²) < 4.78 is 76.0. The zero-order chi connectivity index (χ0) is 24.0. The molecule has 2 saturated heterocycles. The number of halogens is 5. The quantitative estimate of drug-likeness (QED) is 0.498. The van der Waals surface area contributed by atoms with Crippen LogP contribution >= 0.6 is 11.6 Å². The van der Waals surface area contributed by atoms with E-state index in [4.69, 9.17) is 30.5 Å². The van der Waals surface area contributed by atoms with Crippen molar-refractivity contribution in [2.45, 2.75) is 30.7 Å². The SMILES string of the molecule is COc1cc2c(Nc3ccc(Cl)c(C(F)(F)F)c3)ncnc2cc1OC1CO[C@H]2[C@H](F)CO[C@@H]12. The molecule has 0 saturated carbocycles. The third-order valence-electron chi connectivity index (χ3n) is 5.68. The summed E-state index contributed by atoms with van der Waals surface area (Å²) in [5.74, 6) is 0.926. The Labute approximate surface area is 195 Å². The van der Waals surface area contributed by atoms with E-state index in [-0.39, 0.29) is 24.7 Å². The lowest BCUT2D eigenvalue weighted by Crippen LogP contribution is -2.33. The maximum atomic E-state index is 13.9. The smallest absolute Gasteiger partial charge is 0.417 e. The molecule has 3 aromatic rings. The zero-order valence-electron chi connectivity index (χ0n) is 17.6. The number of nitrogens with one attached hydrogen (secondary N) is 1. The van der Waals surface area contributed by atoms with Crippen molar-refractivity contribution in [2.75, 3.05) is 25.6 Å². The van der Waals surface area contributed by atoms with E-state index in [1.165, 1.54) is 19.5 Å². The molecular formula is C22H18ClF4N3O4. The molecule has 0 bridgehead atoms. The van der Waals surface area contributed by atoms with Gasteiger partial charge in [0.1, 0.15) is 24.4 Å². The van der Waals surface area contributed by atoms with Gasteiger partial charge in [-0.05, 0) is 24.3 Å². The number of ether oxygens (including phenoxy) is 4. The molecule has 180 valence electrons. The van der Waals surface area contributed by atoms with Crippen LogP contribution in [-0.2, 0) is 15.7 Å². The number of anilines is 2. The highest BCUT2D eigenvalue weighted by molar-refractivity contribution is 6.31. The molecule has 2 aliphatic heterocycles. The fourth-order valence-electron chi connectivity index (χ4n) is 4.05. The summed E-state index contributed by atoms with van der Waals surface area (Å²) in [7, 11) is 1.44. The first-order valence-corrected chi connectivity index (χ1v) is 10.6. The summed E-state index contributed by atoms with van der Waals surface area (Å²) in [6, 6.07) is 6.69. The van der Waals surface area contributed by atoms with Gasteiger partial charge in [0.15, 0.2) is 23.8 Å². The Morgan fingerprint density at radius 1 is 1.06 bits per heavy atom. The van der Waals surface area contributed by atoms with E-state index in [9.17, 15) is 17.6 Å². The van der Waals surface area contributed by atoms with Gasteiger partial charge in [0.05, 0.1) is 36.4 Å². The summed E-state index contributed by atoms with van der Waals surface area (Å²) in [5.41, 5.74) is -0.374. The lowest BCUT2D eigenvalue weighted by Gasteiger charge is -2.20. The van der Waals surface area contributed by atoms with Crippen LogP contribution in [0.5, 0.6) is 11.5 Å². The van der Waals surface area contributed by atoms with Crippen molar-refractivity contribution in [3.8, 4) is 11.5 Å². The van der Waals surface area contributed by atoms with Gasteiger partial charge in [-0.1, -0.05) is 11.6 Å². The molecule has 34 heavy (non-hydrogen) atoms. The number of hydrogen-bond donors (Lipinski definition) is 1. The minimum absolute atomic E-state index is 0.0486. The van der Waals surface area contributed by atoms with Gasteiger partial charge in [0, 0.05) is 17.1 Å². The number of hydrogen-bond acceptors (Lipinski definition) is 7. The molecule has 2 aliphatic rings. The van der Waals surface area contributed by atoms with Crippen molar-refractivity contribution in [1.82, 2.24) is 9.97 Å². The molecule has 0 radical (unpaired) electrons. The van der Waals surface area contributed by atoms with Crippen molar-refractivity contribution < 1.29 is 36.5 Å². The summed E-state index contributed by atoms with van der Waals surface area (Å²) in [6.45, 7) is 0.110. The van der Waals surface area contributed by atoms with Crippen LogP contribution in [0.3, 0.4) is 0 Å². The minimum Gasteiger partial charge on any atom is -0.493 e. The maximum Gasteiger partial charge on any atom is 0.417 e. The summed E-state index contributed by atoms with van der Waals surface area (Å²) >= 11 is 5.70. The van der Waals surface area contributed by atoms with Gasteiger partial charge in [-0.3, -0.25) is 0 Å². The zero-order valence-corrected chi connectivity index (χ0v) is 18.4. The van der Waals surface area contributed by atoms with Crippen LogP contribution in [0.1, 0.15) is 5.56 Å². The van der Waals surface area contributed by atoms with Crippen LogP contribution < -0.4 is 14.8 Å². The lowest BCUT2D eigenvalue weighted by atomic mass is 10.1. The Hall–Kier alpha value is -2.89. The average molecular weight is 500 g/mol. The Morgan fingerprint density at radius 3 is 2.62 bits per heavy atom. The number of nitrogens with zero attached hydrogens (tertiary/aromatic N) is 2. The largest absolute Gasteiger partial charge is 0.493 e. The summed E-state index contributed by atoms with van der Waals surface area (Å²) in [6.07, 6.45) is -6.28. The van der Waals surface area contributed by atoms with Gasteiger partial charge in [-0.15, -0.1) is 0 Å². The highest BCUT2D eigenvalue weighted by Crippen LogP contribution is 2.40. The van der Waals surface area contributed by atoms with Crippen molar-refractivity contribution in [3.05, 3.63) is 47.2 Å². The Morgan fingerprint density at radius 2 is 1.85 bits per heavy atom. The number of aromatic nitrogens is 2. The van der Waals surface area contributed by atoms with E-state index in [1.54, 1.807) is 12.1 Å². The minimum atomic E-state index is -4.61. The predicted octanol–water partition coefficient (Wildman–Crippen LogP) is 4.94. The van der Waals surface area contributed by atoms with Crippen LogP contribution in [0.4, 0.5) is 29.1 Å². The van der Waals surface area contributed by atoms with E-state index < -0.39 is 41.2 Å². The maximum absolute atomic E-state index is 13.9. The van der Waals surface area contributed by atoms with Gasteiger partial charge in [0.2, 0.25) is 0 Å². The van der Waals surface area contributed by atoms with E-state index in [0.717, 1.165) is 12.1 Å². The molecule has 0 aliphatic carbocycles. The molecule has 5 rings (SSSR count). The van der Waals surface area contributed by atoms with Gasteiger partial charge in [-0.2, -0.15) is 13.2 Å². The number of rotatable bonds is 5. The molecule has 7 nitrogen and oxygen atoms in total. The highest BCUT2D eigenvalue weighted by Gasteiger charge is 2.49. The van der Waals surface area contributed by atoms with Crippen LogP contribution in [0.15, 0.2) is 36.7 Å². The first-order chi connectivity index (χ1) is 16.2. The Balaban J connectivity index is 1.45. The number of fused-ring (bicyclic) bond motifs is 2. The van der Waals surface area contributed by atoms with Crippen molar-refractivity contribution in [2.24, 2.45) is 0 Å². The fraction of sp³-hybridized carbons (Fsp3) is 0.364. The fourth-order valence-corrected chi connectivity index (χ4v) is 4.28. The molecule has 2 fully saturated rings. The molecule has 3 heterocycles. The number of benzene rings is 2. The molecular weight excluding hydrogens is 482 g/mol. The van der Waals surface area contributed by atoms with Gasteiger partial charge in [0.25, 0.3) is 0 Å². The topological polar surface area (TPSA) is 74.7 Å². The van der Waals surface area contributed by atoms with Crippen molar-refractivity contribution in [3.63, 3.8) is 0 Å². The van der Waals surface area contributed by atoms with E-state index in [1.807, 2.05) is 0 Å². The van der Waals surface area contributed by atoms with Crippen LogP contribution in [0.2, 0.25) is 5.02 Å². The average Bonchev–Trinajstić information content (AvgIpc) is 3.37. The molecule has 1 aromatic heterocycles.